The third kappa shape index (κ3) is 3.45. The molecule has 5 nitrogen and oxygen atoms in total. The van der Waals surface area contributed by atoms with E-state index in [1.54, 1.807) is 13.8 Å². The predicted octanol–water partition coefficient (Wildman–Crippen LogP) is 0.407. The first-order valence-corrected chi connectivity index (χ1v) is 6.83. The van der Waals surface area contributed by atoms with Gasteiger partial charge in [-0.2, -0.15) is 0 Å². The first-order valence-electron chi connectivity index (χ1n) is 6.83. The van der Waals surface area contributed by atoms with Gasteiger partial charge in [0.15, 0.2) is 0 Å². The normalized spacial score (nSPS) is 20.9. The van der Waals surface area contributed by atoms with E-state index in [2.05, 4.69) is 4.90 Å². The summed E-state index contributed by atoms with van der Waals surface area (Å²) in [7, 11) is 0. The number of carbonyl (C=O) groups excluding carboxylic acids is 2. The van der Waals surface area contributed by atoms with E-state index in [1.807, 2.05) is 23.6 Å². The van der Waals surface area contributed by atoms with Gasteiger partial charge in [-0.1, -0.05) is 13.8 Å². The molecule has 2 fully saturated rings. The number of likely N-dealkylation sites (tertiary alicyclic amines) is 1. The van der Waals surface area contributed by atoms with Gasteiger partial charge < -0.3 is 9.80 Å². The van der Waals surface area contributed by atoms with Gasteiger partial charge in [0.1, 0.15) is 0 Å². The van der Waals surface area contributed by atoms with E-state index in [-0.39, 0.29) is 11.8 Å². The van der Waals surface area contributed by atoms with Crippen LogP contribution in [0.3, 0.4) is 0 Å². The molecule has 2 rings (SSSR count). The van der Waals surface area contributed by atoms with Gasteiger partial charge in [0.25, 0.3) is 0 Å². The van der Waals surface area contributed by atoms with Crippen LogP contribution in [0, 0.1) is 0 Å². The molecular formula is C13H25N3O2. The van der Waals surface area contributed by atoms with Crippen LogP contribution in [-0.4, -0.2) is 71.8 Å². The van der Waals surface area contributed by atoms with E-state index in [1.165, 1.54) is 0 Å². The second-order valence-electron chi connectivity index (χ2n) is 4.62. The molecule has 0 bridgehead atoms. The molecule has 0 aromatic carbocycles. The van der Waals surface area contributed by atoms with Crippen molar-refractivity contribution >= 4 is 11.8 Å². The highest BCUT2D eigenvalue weighted by Crippen LogP contribution is 2.16. The maximum Gasteiger partial charge on any atom is 0.219 e. The minimum Gasteiger partial charge on any atom is -0.340 e. The number of carbonyl (C=O) groups is 2. The van der Waals surface area contributed by atoms with Gasteiger partial charge >= 0.3 is 0 Å². The fourth-order valence-electron chi connectivity index (χ4n) is 2.35. The fourth-order valence-corrected chi connectivity index (χ4v) is 2.35. The summed E-state index contributed by atoms with van der Waals surface area (Å²) >= 11 is 0. The van der Waals surface area contributed by atoms with Gasteiger partial charge in [-0.05, 0) is 0 Å². The predicted molar refractivity (Wildman–Crippen MR) is 71.2 cm³/mol. The minimum absolute atomic E-state index is 0.165. The Morgan fingerprint density at radius 3 is 1.67 bits per heavy atom. The quantitative estimate of drug-likeness (QED) is 0.681. The van der Waals surface area contributed by atoms with Crippen molar-refractivity contribution in [2.75, 3.05) is 39.3 Å². The van der Waals surface area contributed by atoms with Crippen LogP contribution in [0.1, 0.15) is 27.7 Å². The smallest absolute Gasteiger partial charge is 0.219 e. The first-order chi connectivity index (χ1) is 8.58. The number of hydrogen-bond donors (Lipinski definition) is 0. The maximum absolute atomic E-state index is 11.2. The van der Waals surface area contributed by atoms with Gasteiger partial charge in [-0.3, -0.25) is 14.5 Å². The average molecular weight is 255 g/mol. The monoisotopic (exact) mass is 255 g/mol. The zero-order chi connectivity index (χ0) is 13.7. The van der Waals surface area contributed by atoms with Crippen LogP contribution >= 0.6 is 0 Å². The maximum atomic E-state index is 11.2. The van der Waals surface area contributed by atoms with Crippen LogP contribution in [0.5, 0.6) is 0 Å². The molecule has 18 heavy (non-hydrogen) atoms. The standard InChI is InChI=1S/C11H19N3O2.C2H6/c1-9(15)12-3-5-13(6-4-12)11-7-14(8-11)10(2)16;1-2/h11H,3-8H2,1-2H3;1-2H3. The number of rotatable bonds is 1. The Morgan fingerprint density at radius 2 is 1.28 bits per heavy atom. The van der Waals surface area contributed by atoms with Gasteiger partial charge in [-0.25, -0.2) is 0 Å². The Kier molecular flexibility index (Phi) is 5.59. The molecule has 0 saturated carbocycles. The van der Waals surface area contributed by atoms with Crippen LogP contribution in [-0.2, 0) is 9.59 Å². The molecule has 2 heterocycles. The molecule has 0 radical (unpaired) electrons. The highest BCUT2D eigenvalue weighted by Gasteiger charge is 2.34. The Bertz CT molecular complexity index is 293. The highest BCUT2D eigenvalue weighted by atomic mass is 16.2. The third-order valence-electron chi connectivity index (χ3n) is 3.58. The molecule has 0 aliphatic carbocycles. The largest absolute Gasteiger partial charge is 0.340 e. The topological polar surface area (TPSA) is 43.9 Å². The van der Waals surface area contributed by atoms with Crippen LogP contribution in [0.15, 0.2) is 0 Å². The lowest BCUT2D eigenvalue weighted by molar-refractivity contribution is -0.137. The molecule has 0 N–H and O–H groups in total. The lowest BCUT2D eigenvalue weighted by atomic mass is 10.1. The molecule has 0 spiro atoms. The van der Waals surface area contributed by atoms with Crippen molar-refractivity contribution in [1.82, 2.24) is 14.7 Å². The van der Waals surface area contributed by atoms with E-state index in [0.717, 1.165) is 39.3 Å². The minimum atomic E-state index is 0.165. The number of piperazine rings is 1. The summed E-state index contributed by atoms with van der Waals surface area (Å²) in [5.41, 5.74) is 0. The van der Waals surface area contributed by atoms with Crippen molar-refractivity contribution in [3.8, 4) is 0 Å². The van der Waals surface area contributed by atoms with Crippen molar-refractivity contribution in [3.05, 3.63) is 0 Å². The number of hydrogen-bond acceptors (Lipinski definition) is 3. The van der Waals surface area contributed by atoms with E-state index in [4.69, 9.17) is 0 Å². The molecule has 0 unspecified atom stereocenters. The Hall–Kier alpha value is -1.10. The second kappa shape index (κ2) is 6.73. The summed E-state index contributed by atoms with van der Waals surface area (Å²) in [6, 6.07) is 0.512. The molecular weight excluding hydrogens is 230 g/mol. The Morgan fingerprint density at radius 1 is 0.833 bits per heavy atom. The summed E-state index contributed by atoms with van der Waals surface area (Å²) in [5, 5.41) is 0. The molecule has 0 aromatic rings. The molecule has 2 aliphatic heterocycles. The van der Waals surface area contributed by atoms with Crippen LogP contribution in [0.4, 0.5) is 0 Å². The summed E-state index contributed by atoms with van der Waals surface area (Å²) in [6.45, 7) is 12.5. The van der Waals surface area contributed by atoms with Crippen molar-refractivity contribution < 1.29 is 9.59 Å². The van der Waals surface area contributed by atoms with Crippen LogP contribution in [0.2, 0.25) is 0 Å². The van der Waals surface area contributed by atoms with Crippen molar-refractivity contribution in [2.24, 2.45) is 0 Å². The fraction of sp³-hybridized carbons (Fsp3) is 0.846. The van der Waals surface area contributed by atoms with Gasteiger partial charge in [0.05, 0.1) is 0 Å². The molecule has 2 amide bonds. The SMILES string of the molecule is CC.CC(=O)N1CCN(C2CN(C(C)=O)C2)CC1. The third-order valence-corrected chi connectivity index (χ3v) is 3.58. The first kappa shape index (κ1) is 15.0. The summed E-state index contributed by atoms with van der Waals surface area (Å²) in [6.07, 6.45) is 0. The number of amides is 2. The van der Waals surface area contributed by atoms with Crippen LogP contribution in [0.25, 0.3) is 0 Å². The molecule has 0 atom stereocenters. The van der Waals surface area contributed by atoms with E-state index in [0.29, 0.717) is 6.04 Å². The van der Waals surface area contributed by atoms with Crippen LogP contribution < -0.4 is 0 Å². The Labute approximate surface area is 110 Å². The van der Waals surface area contributed by atoms with Crippen molar-refractivity contribution in [3.63, 3.8) is 0 Å². The summed E-state index contributed by atoms with van der Waals surface area (Å²) < 4.78 is 0. The lowest BCUT2D eigenvalue weighted by Crippen LogP contribution is -2.64. The Balaban J connectivity index is 0.000000771. The molecule has 2 aliphatic rings. The zero-order valence-corrected chi connectivity index (χ0v) is 12.0. The van der Waals surface area contributed by atoms with E-state index >= 15 is 0 Å². The molecule has 104 valence electrons. The summed E-state index contributed by atoms with van der Waals surface area (Å²) in [4.78, 5) is 28.3. The zero-order valence-electron chi connectivity index (χ0n) is 12.0. The summed E-state index contributed by atoms with van der Waals surface area (Å²) in [5.74, 6) is 0.331. The van der Waals surface area contributed by atoms with Crippen molar-refractivity contribution in [2.45, 2.75) is 33.7 Å². The van der Waals surface area contributed by atoms with E-state index < -0.39 is 0 Å². The average Bonchev–Trinajstić information content (AvgIpc) is 2.30. The molecule has 5 heteroatoms. The van der Waals surface area contributed by atoms with Gasteiger partial charge in [0, 0.05) is 59.2 Å². The molecule has 0 aromatic heterocycles. The highest BCUT2D eigenvalue weighted by molar-refractivity contribution is 5.74. The lowest BCUT2D eigenvalue weighted by Gasteiger charge is -2.47. The van der Waals surface area contributed by atoms with Gasteiger partial charge in [0.2, 0.25) is 11.8 Å². The van der Waals surface area contributed by atoms with E-state index in [9.17, 15) is 9.59 Å². The van der Waals surface area contributed by atoms with Crippen molar-refractivity contribution in [1.29, 1.82) is 0 Å². The second-order valence-corrected chi connectivity index (χ2v) is 4.62. The number of nitrogens with zero attached hydrogens (tertiary/aromatic N) is 3. The molecule has 2 saturated heterocycles. The van der Waals surface area contributed by atoms with Gasteiger partial charge in [-0.15, -0.1) is 0 Å².